The number of amides is 1. The highest BCUT2D eigenvalue weighted by atomic mass is 32.2. The van der Waals surface area contributed by atoms with E-state index in [-0.39, 0.29) is 5.91 Å². The van der Waals surface area contributed by atoms with Gasteiger partial charge in [0.1, 0.15) is 19.5 Å². The van der Waals surface area contributed by atoms with Crippen LogP contribution in [0.15, 0.2) is 29.7 Å². The van der Waals surface area contributed by atoms with Gasteiger partial charge in [0.25, 0.3) is 0 Å². The minimum atomic E-state index is 0.0243. The molecular formula is C14H16N4O3S. The number of benzene rings is 1. The summed E-state index contributed by atoms with van der Waals surface area (Å²) in [6.45, 7) is 1.65. The first-order chi connectivity index (χ1) is 10.7. The van der Waals surface area contributed by atoms with Crippen molar-refractivity contribution in [2.45, 2.75) is 11.7 Å². The standard InChI is InChI=1S/C14H16N4O3S/c1-18(13(19)8-22-14-15-9-16-17-14)7-10-2-3-11-12(6-10)21-5-4-20-11/h2-3,6,9H,4-5,7-8H2,1H3,(H,15,16,17). The third kappa shape index (κ3) is 3.51. The summed E-state index contributed by atoms with van der Waals surface area (Å²) in [4.78, 5) is 17.8. The van der Waals surface area contributed by atoms with Crippen LogP contribution in [0, 0.1) is 0 Å². The number of rotatable bonds is 5. The SMILES string of the molecule is CN(Cc1ccc2c(c1)OCCO2)C(=O)CSc1ncn[nH]1. The minimum Gasteiger partial charge on any atom is -0.486 e. The number of fused-ring (bicyclic) bond motifs is 1. The molecule has 0 atom stereocenters. The zero-order chi connectivity index (χ0) is 15.4. The highest BCUT2D eigenvalue weighted by molar-refractivity contribution is 7.99. The summed E-state index contributed by atoms with van der Waals surface area (Å²) < 4.78 is 11.0. The van der Waals surface area contributed by atoms with E-state index in [4.69, 9.17) is 9.47 Å². The monoisotopic (exact) mass is 320 g/mol. The first-order valence-electron chi connectivity index (χ1n) is 6.83. The zero-order valence-corrected chi connectivity index (χ0v) is 12.9. The molecule has 0 unspecified atom stereocenters. The summed E-state index contributed by atoms with van der Waals surface area (Å²) in [5.41, 5.74) is 1.00. The molecule has 3 rings (SSSR count). The van der Waals surface area contributed by atoms with Gasteiger partial charge in [-0.05, 0) is 17.7 Å². The van der Waals surface area contributed by atoms with Crippen molar-refractivity contribution in [1.82, 2.24) is 20.1 Å². The number of hydrogen-bond donors (Lipinski definition) is 1. The maximum Gasteiger partial charge on any atom is 0.233 e. The molecule has 22 heavy (non-hydrogen) atoms. The van der Waals surface area contributed by atoms with Crippen LogP contribution in [0.1, 0.15) is 5.56 Å². The highest BCUT2D eigenvalue weighted by Gasteiger charge is 2.15. The van der Waals surface area contributed by atoms with Crippen molar-refractivity contribution in [3.63, 3.8) is 0 Å². The van der Waals surface area contributed by atoms with Crippen LogP contribution in [0.5, 0.6) is 11.5 Å². The molecule has 0 spiro atoms. The number of carbonyl (C=O) groups excluding carboxylic acids is 1. The number of nitrogens with zero attached hydrogens (tertiary/aromatic N) is 3. The number of aromatic nitrogens is 3. The molecule has 0 saturated heterocycles. The number of ether oxygens (including phenoxy) is 2. The Bertz CT molecular complexity index is 648. The summed E-state index contributed by atoms with van der Waals surface area (Å²) >= 11 is 1.33. The molecule has 0 saturated carbocycles. The van der Waals surface area contributed by atoms with Crippen LogP contribution in [0.25, 0.3) is 0 Å². The zero-order valence-electron chi connectivity index (χ0n) is 12.1. The number of thioether (sulfide) groups is 1. The second-order valence-corrected chi connectivity index (χ2v) is 5.77. The van der Waals surface area contributed by atoms with Gasteiger partial charge >= 0.3 is 0 Å². The summed E-state index contributed by atoms with van der Waals surface area (Å²) in [6.07, 6.45) is 1.42. The lowest BCUT2D eigenvalue weighted by molar-refractivity contribution is -0.127. The highest BCUT2D eigenvalue weighted by Crippen LogP contribution is 2.31. The number of carbonyl (C=O) groups is 1. The van der Waals surface area contributed by atoms with E-state index in [1.807, 2.05) is 18.2 Å². The average Bonchev–Trinajstić information content (AvgIpc) is 3.06. The lowest BCUT2D eigenvalue weighted by atomic mass is 10.2. The van der Waals surface area contributed by atoms with Gasteiger partial charge in [-0.2, -0.15) is 5.10 Å². The second kappa shape index (κ2) is 6.69. The fourth-order valence-electron chi connectivity index (χ4n) is 2.05. The van der Waals surface area contributed by atoms with Gasteiger partial charge in [-0.1, -0.05) is 17.8 Å². The molecule has 2 heterocycles. The molecule has 2 aromatic rings. The van der Waals surface area contributed by atoms with Crippen molar-refractivity contribution in [2.24, 2.45) is 0 Å². The third-order valence-corrected chi connectivity index (χ3v) is 4.04. The lowest BCUT2D eigenvalue weighted by Crippen LogP contribution is -2.28. The Kier molecular flexibility index (Phi) is 4.47. The number of nitrogens with one attached hydrogen (secondary N) is 1. The van der Waals surface area contributed by atoms with Crippen LogP contribution in [0.2, 0.25) is 0 Å². The van der Waals surface area contributed by atoms with Gasteiger partial charge in [0.05, 0.1) is 5.75 Å². The summed E-state index contributed by atoms with van der Waals surface area (Å²) in [5, 5.41) is 7.10. The minimum absolute atomic E-state index is 0.0243. The molecule has 116 valence electrons. The molecule has 1 aromatic carbocycles. The van der Waals surface area contributed by atoms with E-state index in [1.54, 1.807) is 11.9 Å². The van der Waals surface area contributed by atoms with Crippen molar-refractivity contribution >= 4 is 17.7 Å². The Hall–Kier alpha value is -2.22. The summed E-state index contributed by atoms with van der Waals surface area (Å²) in [7, 11) is 1.78. The Morgan fingerprint density at radius 3 is 2.95 bits per heavy atom. The largest absolute Gasteiger partial charge is 0.486 e. The van der Waals surface area contributed by atoms with Crippen LogP contribution in [-0.2, 0) is 11.3 Å². The Morgan fingerprint density at radius 1 is 1.36 bits per heavy atom. The number of aromatic amines is 1. The molecule has 1 amide bonds. The van der Waals surface area contributed by atoms with E-state index in [1.165, 1.54) is 18.1 Å². The van der Waals surface area contributed by atoms with Crippen molar-refractivity contribution in [3.8, 4) is 11.5 Å². The fourth-order valence-corrected chi connectivity index (χ4v) is 2.77. The fraction of sp³-hybridized carbons (Fsp3) is 0.357. The van der Waals surface area contributed by atoms with Crippen molar-refractivity contribution in [1.29, 1.82) is 0 Å². The topological polar surface area (TPSA) is 80.3 Å². The van der Waals surface area contributed by atoms with Crippen LogP contribution in [0.4, 0.5) is 0 Å². The van der Waals surface area contributed by atoms with Crippen molar-refractivity contribution in [3.05, 3.63) is 30.1 Å². The first kappa shape index (κ1) is 14.7. The number of hydrogen-bond acceptors (Lipinski definition) is 6. The third-order valence-electron chi connectivity index (χ3n) is 3.18. The van der Waals surface area contributed by atoms with Gasteiger partial charge in [-0.15, -0.1) is 0 Å². The normalized spacial score (nSPS) is 13.0. The first-order valence-corrected chi connectivity index (χ1v) is 7.81. The molecular weight excluding hydrogens is 304 g/mol. The van der Waals surface area contributed by atoms with Crippen molar-refractivity contribution in [2.75, 3.05) is 26.0 Å². The molecule has 0 bridgehead atoms. The van der Waals surface area contributed by atoms with Crippen LogP contribution in [0.3, 0.4) is 0 Å². The molecule has 7 nitrogen and oxygen atoms in total. The Balaban J connectivity index is 1.56. The Labute approximate surface area is 132 Å². The summed E-state index contributed by atoms with van der Waals surface area (Å²) in [6, 6.07) is 5.74. The molecule has 0 aliphatic carbocycles. The summed E-state index contributed by atoms with van der Waals surface area (Å²) in [5.74, 6) is 1.83. The maximum absolute atomic E-state index is 12.1. The van der Waals surface area contributed by atoms with Gasteiger partial charge in [0.15, 0.2) is 16.7 Å². The van der Waals surface area contributed by atoms with Gasteiger partial charge in [-0.3, -0.25) is 9.89 Å². The molecule has 0 fully saturated rings. The molecule has 8 heteroatoms. The second-order valence-electron chi connectivity index (χ2n) is 4.81. The maximum atomic E-state index is 12.1. The number of H-pyrrole nitrogens is 1. The predicted octanol–water partition coefficient (Wildman–Crippen LogP) is 1.33. The Morgan fingerprint density at radius 2 is 2.18 bits per heavy atom. The van der Waals surface area contributed by atoms with Crippen LogP contribution >= 0.6 is 11.8 Å². The van der Waals surface area contributed by atoms with E-state index < -0.39 is 0 Å². The van der Waals surface area contributed by atoms with Crippen molar-refractivity contribution < 1.29 is 14.3 Å². The molecule has 1 N–H and O–H groups in total. The van der Waals surface area contributed by atoms with E-state index in [2.05, 4.69) is 15.2 Å². The van der Waals surface area contributed by atoms with E-state index in [0.717, 1.165) is 17.1 Å². The van der Waals surface area contributed by atoms with Gasteiger partial charge in [-0.25, -0.2) is 4.98 Å². The smallest absolute Gasteiger partial charge is 0.233 e. The quantitative estimate of drug-likeness (QED) is 0.837. The van der Waals surface area contributed by atoms with Gasteiger partial charge < -0.3 is 14.4 Å². The predicted molar refractivity (Wildman–Crippen MR) is 81.0 cm³/mol. The van der Waals surface area contributed by atoms with Gasteiger partial charge in [0, 0.05) is 13.6 Å². The lowest BCUT2D eigenvalue weighted by Gasteiger charge is -2.21. The average molecular weight is 320 g/mol. The molecule has 1 aliphatic heterocycles. The molecule has 1 aliphatic rings. The van der Waals surface area contributed by atoms with Gasteiger partial charge in [0.2, 0.25) is 5.91 Å². The van der Waals surface area contributed by atoms with Crippen LogP contribution in [-0.4, -0.2) is 52.0 Å². The van der Waals surface area contributed by atoms with E-state index >= 15 is 0 Å². The van der Waals surface area contributed by atoms with Crippen LogP contribution < -0.4 is 9.47 Å². The molecule has 0 radical (unpaired) electrons. The molecule has 1 aromatic heterocycles. The van der Waals surface area contributed by atoms with E-state index in [9.17, 15) is 4.79 Å². The van der Waals surface area contributed by atoms with E-state index in [0.29, 0.717) is 30.7 Å².